The quantitative estimate of drug-likeness (QED) is 0.741. The Bertz CT molecular complexity index is 374. The van der Waals surface area contributed by atoms with Crippen LogP contribution in [0.4, 0.5) is 0 Å². The molecule has 0 aromatic heterocycles. The fraction of sp³-hybridized carbons (Fsp3) is 0.333. The monoisotopic (exact) mass is 258 g/mol. The molecule has 2 N–H and O–H groups in total. The third kappa shape index (κ3) is 6.78. The second kappa shape index (κ2) is 9.35. The van der Waals surface area contributed by atoms with Crippen LogP contribution in [0.15, 0.2) is 60.7 Å². The van der Waals surface area contributed by atoms with Gasteiger partial charge in [-0.05, 0) is 23.0 Å². The lowest BCUT2D eigenvalue weighted by Gasteiger charge is -2.01. The summed E-state index contributed by atoms with van der Waals surface area (Å²) in [6.45, 7) is 8.81. The third-order valence-corrected chi connectivity index (χ3v) is 2.93. The Morgan fingerprint density at radius 3 is 0.947 bits per heavy atom. The largest absolute Gasteiger partial charge is 0.412 e. The summed E-state index contributed by atoms with van der Waals surface area (Å²) in [5.74, 6) is 1.32. The van der Waals surface area contributed by atoms with E-state index < -0.39 is 0 Å². The molecule has 19 heavy (non-hydrogen) atoms. The van der Waals surface area contributed by atoms with Crippen molar-refractivity contribution in [1.82, 2.24) is 0 Å². The van der Waals surface area contributed by atoms with Crippen molar-refractivity contribution in [3.8, 4) is 0 Å². The first kappa shape index (κ1) is 17.4. The fourth-order valence-corrected chi connectivity index (χ4v) is 1.68. The Labute approximate surface area is 117 Å². The molecule has 0 aliphatic carbocycles. The summed E-state index contributed by atoms with van der Waals surface area (Å²) >= 11 is 0. The Hall–Kier alpha value is -1.60. The predicted octanol–water partition coefficient (Wildman–Crippen LogP) is 4.80. The zero-order valence-corrected chi connectivity index (χ0v) is 12.4. The van der Waals surface area contributed by atoms with Gasteiger partial charge in [0.15, 0.2) is 0 Å². The van der Waals surface area contributed by atoms with Crippen LogP contribution in [0.25, 0.3) is 0 Å². The Morgan fingerprint density at radius 1 is 0.526 bits per heavy atom. The van der Waals surface area contributed by atoms with Crippen LogP contribution in [0.3, 0.4) is 0 Å². The Kier molecular flexibility index (Phi) is 8.56. The van der Waals surface area contributed by atoms with Gasteiger partial charge in [-0.15, -0.1) is 0 Å². The Morgan fingerprint density at radius 2 is 0.789 bits per heavy atom. The van der Waals surface area contributed by atoms with Crippen molar-refractivity contribution in [1.29, 1.82) is 0 Å². The van der Waals surface area contributed by atoms with Crippen molar-refractivity contribution in [2.24, 2.45) is 0 Å². The highest BCUT2D eigenvalue weighted by Crippen LogP contribution is 2.12. The van der Waals surface area contributed by atoms with Gasteiger partial charge in [-0.2, -0.15) is 0 Å². The molecular formula is C18H26O. The van der Waals surface area contributed by atoms with Crippen LogP contribution in [-0.4, -0.2) is 5.48 Å². The molecule has 0 heterocycles. The highest BCUT2D eigenvalue weighted by Gasteiger charge is 1.94. The van der Waals surface area contributed by atoms with E-state index in [0.717, 1.165) is 0 Å². The van der Waals surface area contributed by atoms with Gasteiger partial charge in [0, 0.05) is 0 Å². The minimum absolute atomic E-state index is 0. The molecule has 0 aliphatic heterocycles. The van der Waals surface area contributed by atoms with Gasteiger partial charge in [-0.1, -0.05) is 88.4 Å². The summed E-state index contributed by atoms with van der Waals surface area (Å²) in [7, 11) is 0. The Balaban J connectivity index is 0.000000324. The lowest BCUT2D eigenvalue weighted by atomic mass is 10.0. The summed E-state index contributed by atoms with van der Waals surface area (Å²) in [4.78, 5) is 0. The van der Waals surface area contributed by atoms with E-state index in [9.17, 15) is 0 Å². The van der Waals surface area contributed by atoms with E-state index in [0.29, 0.717) is 11.8 Å². The molecule has 1 heteroatoms. The van der Waals surface area contributed by atoms with E-state index in [4.69, 9.17) is 0 Å². The van der Waals surface area contributed by atoms with Crippen LogP contribution >= 0.6 is 0 Å². The summed E-state index contributed by atoms with van der Waals surface area (Å²) < 4.78 is 0. The molecule has 2 aromatic rings. The molecule has 0 amide bonds. The third-order valence-electron chi connectivity index (χ3n) is 2.93. The molecule has 0 saturated carbocycles. The number of hydrogen-bond acceptors (Lipinski definition) is 0. The van der Waals surface area contributed by atoms with E-state index in [1.54, 1.807) is 0 Å². The molecule has 0 bridgehead atoms. The van der Waals surface area contributed by atoms with Gasteiger partial charge in [0.25, 0.3) is 0 Å². The van der Waals surface area contributed by atoms with Gasteiger partial charge >= 0.3 is 0 Å². The van der Waals surface area contributed by atoms with Gasteiger partial charge in [-0.3, -0.25) is 0 Å². The highest BCUT2D eigenvalue weighted by atomic mass is 16.0. The van der Waals surface area contributed by atoms with E-state index in [-0.39, 0.29) is 5.48 Å². The maximum absolute atomic E-state index is 2.20. The van der Waals surface area contributed by atoms with Crippen molar-refractivity contribution < 1.29 is 5.48 Å². The lowest BCUT2D eigenvalue weighted by Crippen LogP contribution is -1.83. The van der Waals surface area contributed by atoms with Crippen molar-refractivity contribution in [3.05, 3.63) is 71.8 Å². The predicted molar refractivity (Wildman–Crippen MR) is 84.7 cm³/mol. The molecule has 2 aromatic carbocycles. The number of rotatable bonds is 2. The van der Waals surface area contributed by atoms with Crippen LogP contribution < -0.4 is 0 Å². The SMILES string of the molecule is CC(C)c1ccccc1.CC(C)c1ccccc1.O. The second-order valence-corrected chi connectivity index (χ2v) is 5.13. The highest BCUT2D eigenvalue weighted by molar-refractivity contribution is 5.18. The van der Waals surface area contributed by atoms with Gasteiger partial charge in [0.1, 0.15) is 0 Å². The molecule has 104 valence electrons. The average molecular weight is 258 g/mol. The van der Waals surface area contributed by atoms with Crippen LogP contribution in [-0.2, 0) is 0 Å². The normalized spacial score (nSPS) is 9.58. The maximum atomic E-state index is 2.20. The average Bonchev–Trinajstić information content (AvgIpc) is 2.41. The van der Waals surface area contributed by atoms with Gasteiger partial charge in [-0.25, -0.2) is 0 Å². The van der Waals surface area contributed by atoms with E-state index in [1.807, 2.05) is 12.1 Å². The molecule has 0 fully saturated rings. The molecule has 1 nitrogen and oxygen atoms in total. The molecule has 0 atom stereocenters. The van der Waals surface area contributed by atoms with Crippen molar-refractivity contribution in [3.63, 3.8) is 0 Å². The lowest BCUT2D eigenvalue weighted by molar-refractivity contribution is 0.824. The number of hydrogen-bond donors (Lipinski definition) is 0. The summed E-state index contributed by atoms with van der Waals surface area (Å²) in [6, 6.07) is 21.0. The molecular weight excluding hydrogens is 232 g/mol. The van der Waals surface area contributed by atoms with Gasteiger partial charge in [0.2, 0.25) is 0 Å². The van der Waals surface area contributed by atoms with Crippen molar-refractivity contribution >= 4 is 0 Å². The van der Waals surface area contributed by atoms with Crippen LogP contribution in [0, 0.1) is 0 Å². The minimum Gasteiger partial charge on any atom is -0.412 e. The van der Waals surface area contributed by atoms with E-state index >= 15 is 0 Å². The van der Waals surface area contributed by atoms with Gasteiger partial charge < -0.3 is 5.48 Å². The van der Waals surface area contributed by atoms with Crippen molar-refractivity contribution in [2.75, 3.05) is 0 Å². The smallest absolute Gasteiger partial charge is 0.0219 e. The van der Waals surface area contributed by atoms with E-state index in [1.165, 1.54) is 11.1 Å². The topological polar surface area (TPSA) is 31.5 Å². The first-order valence-corrected chi connectivity index (χ1v) is 6.71. The first-order chi connectivity index (χ1) is 8.61. The molecule has 0 unspecified atom stereocenters. The first-order valence-electron chi connectivity index (χ1n) is 6.71. The zero-order chi connectivity index (χ0) is 13.4. The maximum Gasteiger partial charge on any atom is -0.0219 e. The second-order valence-electron chi connectivity index (χ2n) is 5.13. The summed E-state index contributed by atoms with van der Waals surface area (Å²) in [5, 5.41) is 0. The van der Waals surface area contributed by atoms with E-state index in [2.05, 4.69) is 76.2 Å². The molecule has 2 rings (SSSR count). The van der Waals surface area contributed by atoms with Gasteiger partial charge in [0.05, 0.1) is 0 Å². The zero-order valence-electron chi connectivity index (χ0n) is 12.4. The minimum atomic E-state index is 0. The molecule has 0 radical (unpaired) electrons. The number of benzene rings is 2. The molecule has 0 saturated heterocycles. The standard InChI is InChI=1S/2C9H12.H2O/c2*1-8(2)9-6-4-3-5-7-9;/h2*3-8H,1-2H3;1H2. The molecule has 0 spiro atoms. The fourth-order valence-electron chi connectivity index (χ4n) is 1.68. The summed E-state index contributed by atoms with van der Waals surface area (Å²) in [6.07, 6.45) is 0. The summed E-state index contributed by atoms with van der Waals surface area (Å²) in [5.41, 5.74) is 2.83. The van der Waals surface area contributed by atoms with Crippen LogP contribution in [0.1, 0.15) is 50.7 Å². The molecule has 0 aliphatic rings. The van der Waals surface area contributed by atoms with Crippen LogP contribution in [0.5, 0.6) is 0 Å². The van der Waals surface area contributed by atoms with Crippen LogP contribution in [0.2, 0.25) is 0 Å². The van der Waals surface area contributed by atoms with Crippen molar-refractivity contribution in [2.45, 2.75) is 39.5 Å².